The number of rotatable bonds is 5. The van der Waals surface area contributed by atoms with E-state index in [0.29, 0.717) is 27.1 Å². The van der Waals surface area contributed by atoms with Gasteiger partial charge in [-0.15, -0.1) is 0 Å². The maximum absolute atomic E-state index is 11.0. The summed E-state index contributed by atoms with van der Waals surface area (Å²) in [6, 6.07) is 10.2. The van der Waals surface area contributed by atoms with Crippen LogP contribution in [0.2, 0.25) is 10.0 Å². The first kappa shape index (κ1) is 14.7. The fourth-order valence-electron chi connectivity index (χ4n) is 1.67. The maximum atomic E-state index is 11.0. The number of carbonyl (C=O) groups excluding carboxylic acids is 1. The Morgan fingerprint density at radius 3 is 2.60 bits per heavy atom. The molecule has 104 valence electrons. The Morgan fingerprint density at radius 1 is 1.15 bits per heavy atom. The predicted molar refractivity (Wildman–Crippen MR) is 79.2 cm³/mol. The number of hydrogen-bond donors (Lipinski definition) is 0. The topological polar surface area (TPSA) is 35.5 Å². The van der Waals surface area contributed by atoms with Crippen LogP contribution in [-0.2, 0) is 6.61 Å². The molecule has 0 bridgehead atoms. The number of carbonyl (C=O) groups is 1. The molecule has 2 aromatic rings. The zero-order chi connectivity index (χ0) is 14.5. The molecule has 0 spiro atoms. The van der Waals surface area contributed by atoms with Gasteiger partial charge in [-0.1, -0.05) is 29.3 Å². The molecular weight excluding hydrogens is 299 g/mol. The van der Waals surface area contributed by atoms with Crippen molar-refractivity contribution in [1.29, 1.82) is 0 Å². The van der Waals surface area contributed by atoms with E-state index in [2.05, 4.69) is 0 Å². The zero-order valence-corrected chi connectivity index (χ0v) is 12.2. The van der Waals surface area contributed by atoms with Crippen molar-refractivity contribution in [1.82, 2.24) is 0 Å². The van der Waals surface area contributed by atoms with Crippen molar-refractivity contribution < 1.29 is 14.3 Å². The van der Waals surface area contributed by atoms with Crippen LogP contribution >= 0.6 is 23.2 Å². The predicted octanol–water partition coefficient (Wildman–Crippen LogP) is 4.39. The van der Waals surface area contributed by atoms with Gasteiger partial charge < -0.3 is 9.47 Å². The van der Waals surface area contributed by atoms with Crippen LogP contribution < -0.4 is 9.47 Å². The minimum Gasteiger partial charge on any atom is -0.497 e. The van der Waals surface area contributed by atoms with Crippen molar-refractivity contribution in [2.75, 3.05) is 7.11 Å². The average Bonchev–Trinajstić information content (AvgIpc) is 2.46. The summed E-state index contributed by atoms with van der Waals surface area (Å²) in [4.78, 5) is 11.0. The molecule has 0 fully saturated rings. The van der Waals surface area contributed by atoms with Gasteiger partial charge in [0.05, 0.1) is 12.7 Å². The largest absolute Gasteiger partial charge is 0.497 e. The smallest absolute Gasteiger partial charge is 0.153 e. The lowest BCUT2D eigenvalue weighted by atomic mass is 10.2. The molecule has 0 aliphatic carbocycles. The van der Waals surface area contributed by atoms with Crippen molar-refractivity contribution in [3.8, 4) is 11.5 Å². The molecular formula is C15H12Cl2O3. The number of benzene rings is 2. The molecule has 0 aromatic heterocycles. The van der Waals surface area contributed by atoms with E-state index in [0.717, 1.165) is 11.8 Å². The van der Waals surface area contributed by atoms with Gasteiger partial charge in [0, 0.05) is 15.6 Å². The van der Waals surface area contributed by atoms with Crippen molar-refractivity contribution in [2.45, 2.75) is 6.61 Å². The third-order valence-electron chi connectivity index (χ3n) is 2.74. The lowest BCUT2D eigenvalue weighted by Gasteiger charge is -2.11. The van der Waals surface area contributed by atoms with Crippen LogP contribution in [0.5, 0.6) is 11.5 Å². The van der Waals surface area contributed by atoms with E-state index < -0.39 is 0 Å². The van der Waals surface area contributed by atoms with E-state index in [9.17, 15) is 4.79 Å². The fourth-order valence-corrected chi connectivity index (χ4v) is 2.13. The summed E-state index contributed by atoms with van der Waals surface area (Å²) >= 11 is 11.9. The van der Waals surface area contributed by atoms with E-state index in [1.165, 1.54) is 7.11 Å². The summed E-state index contributed by atoms with van der Waals surface area (Å²) in [5, 5.41) is 1.09. The Kier molecular flexibility index (Phi) is 4.88. The van der Waals surface area contributed by atoms with Gasteiger partial charge in [0.2, 0.25) is 0 Å². The first-order valence-electron chi connectivity index (χ1n) is 5.84. The molecule has 0 aliphatic heterocycles. The molecule has 2 rings (SSSR count). The van der Waals surface area contributed by atoms with Crippen molar-refractivity contribution in [2.24, 2.45) is 0 Å². The van der Waals surface area contributed by atoms with Crippen LogP contribution in [0.3, 0.4) is 0 Å². The van der Waals surface area contributed by atoms with E-state index in [1.807, 2.05) is 0 Å². The Morgan fingerprint density at radius 2 is 1.95 bits per heavy atom. The third kappa shape index (κ3) is 3.44. The Balaban J connectivity index is 2.16. The Hall–Kier alpha value is -1.71. The molecule has 0 heterocycles. The Bertz CT molecular complexity index is 627. The number of halogens is 2. The summed E-state index contributed by atoms with van der Waals surface area (Å²) in [7, 11) is 1.54. The molecule has 0 radical (unpaired) electrons. The average molecular weight is 311 g/mol. The van der Waals surface area contributed by atoms with Gasteiger partial charge in [-0.05, 0) is 30.3 Å². The maximum Gasteiger partial charge on any atom is 0.153 e. The SMILES string of the molecule is COc1ccc(OCc2ccc(Cl)cc2Cl)c(C=O)c1. The third-order valence-corrected chi connectivity index (χ3v) is 3.33. The van der Waals surface area contributed by atoms with Crippen LogP contribution in [-0.4, -0.2) is 13.4 Å². The second-order valence-corrected chi connectivity index (χ2v) is 4.89. The summed E-state index contributed by atoms with van der Waals surface area (Å²) in [6.07, 6.45) is 0.724. The molecule has 0 atom stereocenters. The summed E-state index contributed by atoms with van der Waals surface area (Å²) in [5.74, 6) is 1.08. The molecule has 0 unspecified atom stereocenters. The highest BCUT2D eigenvalue weighted by Crippen LogP contribution is 2.26. The van der Waals surface area contributed by atoms with Crippen LogP contribution in [0.15, 0.2) is 36.4 Å². The second-order valence-electron chi connectivity index (χ2n) is 4.05. The minimum atomic E-state index is 0.253. The van der Waals surface area contributed by atoms with E-state index in [-0.39, 0.29) is 6.61 Å². The van der Waals surface area contributed by atoms with E-state index in [4.69, 9.17) is 32.7 Å². The van der Waals surface area contributed by atoms with Gasteiger partial charge in [-0.3, -0.25) is 4.79 Å². The van der Waals surface area contributed by atoms with Gasteiger partial charge in [0.1, 0.15) is 18.1 Å². The highest BCUT2D eigenvalue weighted by atomic mass is 35.5. The summed E-state index contributed by atoms with van der Waals surface area (Å²) in [5.41, 5.74) is 1.22. The first-order valence-corrected chi connectivity index (χ1v) is 6.59. The summed E-state index contributed by atoms with van der Waals surface area (Å²) < 4.78 is 10.7. The van der Waals surface area contributed by atoms with Crippen molar-refractivity contribution in [3.63, 3.8) is 0 Å². The highest BCUT2D eigenvalue weighted by molar-refractivity contribution is 6.35. The molecule has 5 heteroatoms. The normalized spacial score (nSPS) is 10.2. The quantitative estimate of drug-likeness (QED) is 0.768. The van der Waals surface area contributed by atoms with Gasteiger partial charge >= 0.3 is 0 Å². The van der Waals surface area contributed by atoms with Crippen LogP contribution in [0.4, 0.5) is 0 Å². The van der Waals surface area contributed by atoms with Gasteiger partial charge in [-0.2, -0.15) is 0 Å². The lowest BCUT2D eigenvalue weighted by molar-refractivity contribution is 0.111. The second kappa shape index (κ2) is 6.64. The van der Waals surface area contributed by atoms with Crippen LogP contribution in [0, 0.1) is 0 Å². The molecule has 0 saturated carbocycles. The van der Waals surface area contributed by atoms with Crippen molar-refractivity contribution >= 4 is 29.5 Å². The molecule has 0 saturated heterocycles. The monoisotopic (exact) mass is 310 g/mol. The van der Waals surface area contributed by atoms with E-state index >= 15 is 0 Å². The summed E-state index contributed by atoms with van der Waals surface area (Å²) in [6.45, 7) is 0.253. The molecule has 3 nitrogen and oxygen atoms in total. The molecule has 20 heavy (non-hydrogen) atoms. The van der Waals surface area contributed by atoms with Gasteiger partial charge in [0.25, 0.3) is 0 Å². The number of hydrogen-bond acceptors (Lipinski definition) is 3. The van der Waals surface area contributed by atoms with Crippen molar-refractivity contribution in [3.05, 3.63) is 57.6 Å². The first-order chi connectivity index (χ1) is 9.63. The number of ether oxygens (including phenoxy) is 2. The van der Waals surface area contributed by atoms with Crippen LogP contribution in [0.25, 0.3) is 0 Å². The molecule has 0 amide bonds. The van der Waals surface area contributed by atoms with Gasteiger partial charge in [0.15, 0.2) is 6.29 Å². The zero-order valence-electron chi connectivity index (χ0n) is 10.7. The van der Waals surface area contributed by atoms with E-state index in [1.54, 1.807) is 36.4 Å². The minimum absolute atomic E-state index is 0.253. The fraction of sp³-hybridized carbons (Fsp3) is 0.133. The van der Waals surface area contributed by atoms with Gasteiger partial charge in [-0.25, -0.2) is 0 Å². The van der Waals surface area contributed by atoms with Crippen LogP contribution in [0.1, 0.15) is 15.9 Å². The molecule has 0 N–H and O–H groups in total. The standard InChI is InChI=1S/C15H12Cl2O3/c1-19-13-4-5-15(11(6-13)8-18)20-9-10-2-3-12(16)7-14(10)17/h2-8H,9H2,1H3. The molecule has 0 aliphatic rings. The lowest BCUT2D eigenvalue weighted by Crippen LogP contribution is -1.99. The molecule has 2 aromatic carbocycles. The highest BCUT2D eigenvalue weighted by Gasteiger charge is 2.07. The Labute approximate surface area is 127 Å². The number of aldehydes is 1. The number of methoxy groups -OCH3 is 1.